The molecule has 1 nitrogen and oxygen atoms in total. The SMILES string of the molecule is C/C=C/CCC1CCC(CCC2CCC(OCCCC)CC2)CC1. The monoisotopic (exact) mass is 334 g/mol. The summed E-state index contributed by atoms with van der Waals surface area (Å²) in [5, 5.41) is 0. The zero-order valence-corrected chi connectivity index (χ0v) is 16.5. The zero-order valence-electron chi connectivity index (χ0n) is 16.5. The highest BCUT2D eigenvalue weighted by molar-refractivity contribution is 4.81. The van der Waals surface area contributed by atoms with Crippen LogP contribution in [0.25, 0.3) is 0 Å². The molecular formula is C23H42O. The third-order valence-corrected chi connectivity index (χ3v) is 6.57. The lowest BCUT2D eigenvalue weighted by molar-refractivity contribution is 0.0150. The van der Waals surface area contributed by atoms with Crippen molar-refractivity contribution in [2.75, 3.05) is 6.61 Å². The predicted molar refractivity (Wildman–Crippen MR) is 105 cm³/mol. The van der Waals surface area contributed by atoms with E-state index in [2.05, 4.69) is 26.0 Å². The van der Waals surface area contributed by atoms with Crippen molar-refractivity contribution < 1.29 is 4.74 Å². The number of allylic oxidation sites excluding steroid dienone is 2. The van der Waals surface area contributed by atoms with Gasteiger partial charge in [0.25, 0.3) is 0 Å². The fraction of sp³-hybridized carbons (Fsp3) is 0.913. The molecule has 24 heavy (non-hydrogen) atoms. The molecule has 0 spiro atoms. The molecule has 2 aliphatic carbocycles. The summed E-state index contributed by atoms with van der Waals surface area (Å²) in [6.07, 6.45) is 24.9. The van der Waals surface area contributed by atoms with E-state index in [-0.39, 0.29) is 0 Å². The van der Waals surface area contributed by atoms with Gasteiger partial charge in [-0.2, -0.15) is 0 Å². The van der Waals surface area contributed by atoms with Gasteiger partial charge in [-0.3, -0.25) is 0 Å². The average Bonchev–Trinajstić information content (AvgIpc) is 2.63. The van der Waals surface area contributed by atoms with Crippen molar-refractivity contribution in [2.24, 2.45) is 17.8 Å². The van der Waals surface area contributed by atoms with E-state index in [0.717, 1.165) is 24.4 Å². The van der Waals surface area contributed by atoms with Crippen LogP contribution >= 0.6 is 0 Å². The maximum atomic E-state index is 6.01. The average molecular weight is 335 g/mol. The summed E-state index contributed by atoms with van der Waals surface area (Å²) in [5.74, 6) is 3.07. The molecule has 2 saturated carbocycles. The van der Waals surface area contributed by atoms with E-state index < -0.39 is 0 Å². The van der Waals surface area contributed by atoms with Crippen molar-refractivity contribution in [1.29, 1.82) is 0 Å². The maximum absolute atomic E-state index is 6.01. The van der Waals surface area contributed by atoms with Crippen LogP contribution in [0.1, 0.15) is 104 Å². The number of hydrogen-bond acceptors (Lipinski definition) is 1. The Morgan fingerprint density at radius 1 is 0.792 bits per heavy atom. The van der Waals surface area contributed by atoms with E-state index in [4.69, 9.17) is 4.74 Å². The first-order chi connectivity index (χ1) is 11.8. The Labute approximate surface area is 151 Å². The Bertz CT molecular complexity index is 319. The van der Waals surface area contributed by atoms with Crippen LogP contribution < -0.4 is 0 Å². The van der Waals surface area contributed by atoms with E-state index in [9.17, 15) is 0 Å². The Balaban J connectivity index is 1.51. The van der Waals surface area contributed by atoms with Crippen LogP contribution in [-0.4, -0.2) is 12.7 Å². The molecule has 2 rings (SSSR count). The van der Waals surface area contributed by atoms with Gasteiger partial charge in [-0.1, -0.05) is 64.0 Å². The number of hydrogen-bond donors (Lipinski definition) is 0. The van der Waals surface area contributed by atoms with Crippen molar-refractivity contribution in [3.05, 3.63) is 12.2 Å². The minimum Gasteiger partial charge on any atom is -0.378 e. The van der Waals surface area contributed by atoms with Crippen LogP contribution in [0.3, 0.4) is 0 Å². The van der Waals surface area contributed by atoms with Gasteiger partial charge in [0.1, 0.15) is 0 Å². The Morgan fingerprint density at radius 2 is 1.33 bits per heavy atom. The molecule has 0 unspecified atom stereocenters. The number of rotatable bonds is 10. The fourth-order valence-corrected chi connectivity index (χ4v) is 4.76. The Kier molecular flexibility index (Phi) is 10.1. The largest absolute Gasteiger partial charge is 0.378 e. The van der Waals surface area contributed by atoms with Gasteiger partial charge in [0.2, 0.25) is 0 Å². The van der Waals surface area contributed by atoms with Crippen LogP contribution in [0, 0.1) is 17.8 Å². The molecule has 0 heterocycles. The minimum atomic E-state index is 0.584. The molecule has 0 aliphatic heterocycles. The Hall–Kier alpha value is -0.300. The van der Waals surface area contributed by atoms with Crippen molar-refractivity contribution in [3.63, 3.8) is 0 Å². The molecule has 1 heteroatoms. The molecule has 0 saturated heterocycles. The molecule has 140 valence electrons. The molecule has 0 bridgehead atoms. The van der Waals surface area contributed by atoms with Crippen molar-refractivity contribution in [2.45, 2.75) is 110 Å². The third kappa shape index (κ3) is 7.72. The summed E-state index contributed by atoms with van der Waals surface area (Å²) in [6, 6.07) is 0. The topological polar surface area (TPSA) is 9.23 Å². The van der Waals surface area contributed by atoms with Crippen molar-refractivity contribution in [1.82, 2.24) is 0 Å². The highest BCUT2D eigenvalue weighted by Crippen LogP contribution is 2.37. The predicted octanol–water partition coefficient (Wildman–Crippen LogP) is 7.30. The highest BCUT2D eigenvalue weighted by Gasteiger charge is 2.24. The standard InChI is InChI=1S/C23H42O/c1-3-5-7-8-20-9-11-21(12-10-20)13-14-22-15-17-23(18-16-22)24-19-6-4-2/h3,5,20-23H,4,6-19H2,1-2H3/b5-3+. The van der Waals surface area contributed by atoms with Crippen molar-refractivity contribution in [3.8, 4) is 0 Å². The molecule has 0 N–H and O–H groups in total. The first-order valence-corrected chi connectivity index (χ1v) is 11.0. The third-order valence-electron chi connectivity index (χ3n) is 6.57. The van der Waals surface area contributed by atoms with E-state index >= 15 is 0 Å². The van der Waals surface area contributed by atoms with E-state index in [1.54, 1.807) is 0 Å². The molecule has 0 aromatic heterocycles. The minimum absolute atomic E-state index is 0.584. The van der Waals surface area contributed by atoms with Crippen LogP contribution in [0.2, 0.25) is 0 Å². The molecule has 0 radical (unpaired) electrons. The Morgan fingerprint density at radius 3 is 1.88 bits per heavy atom. The van der Waals surface area contributed by atoms with Crippen LogP contribution in [-0.2, 0) is 4.74 Å². The van der Waals surface area contributed by atoms with Crippen LogP contribution in [0.5, 0.6) is 0 Å². The summed E-state index contributed by atoms with van der Waals surface area (Å²) in [6.45, 7) is 5.38. The van der Waals surface area contributed by atoms with Crippen molar-refractivity contribution >= 4 is 0 Å². The fourth-order valence-electron chi connectivity index (χ4n) is 4.76. The summed E-state index contributed by atoms with van der Waals surface area (Å²) in [7, 11) is 0. The first-order valence-electron chi connectivity index (χ1n) is 11.0. The number of unbranched alkanes of at least 4 members (excludes halogenated alkanes) is 1. The summed E-state index contributed by atoms with van der Waals surface area (Å²) >= 11 is 0. The first kappa shape index (κ1) is 20.0. The lowest BCUT2D eigenvalue weighted by Crippen LogP contribution is -2.23. The maximum Gasteiger partial charge on any atom is 0.0575 e. The molecule has 0 amide bonds. The van der Waals surface area contributed by atoms with E-state index in [0.29, 0.717) is 6.10 Å². The molecule has 2 aliphatic rings. The van der Waals surface area contributed by atoms with Gasteiger partial charge in [0.15, 0.2) is 0 Å². The van der Waals surface area contributed by atoms with Gasteiger partial charge in [-0.25, -0.2) is 0 Å². The molecule has 0 aromatic rings. The molecule has 2 fully saturated rings. The molecular weight excluding hydrogens is 292 g/mol. The van der Waals surface area contributed by atoms with Gasteiger partial charge in [-0.15, -0.1) is 0 Å². The lowest BCUT2D eigenvalue weighted by Gasteiger charge is -2.32. The second-order valence-electron chi connectivity index (χ2n) is 8.48. The van der Waals surface area contributed by atoms with Crippen LogP contribution in [0.15, 0.2) is 12.2 Å². The molecule has 0 aromatic carbocycles. The molecule has 0 atom stereocenters. The van der Waals surface area contributed by atoms with E-state index in [1.807, 2.05) is 0 Å². The van der Waals surface area contributed by atoms with Gasteiger partial charge in [-0.05, 0) is 69.6 Å². The smallest absolute Gasteiger partial charge is 0.0575 e. The second-order valence-corrected chi connectivity index (χ2v) is 8.48. The van der Waals surface area contributed by atoms with Gasteiger partial charge in [0.05, 0.1) is 6.10 Å². The highest BCUT2D eigenvalue weighted by atomic mass is 16.5. The van der Waals surface area contributed by atoms with Gasteiger partial charge in [0, 0.05) is 6.61 Å². The van der Waals surface area contributed by atoms with Gasteiger partial charge >= 0.3 is 0 Å². The van der Waals surface area contributed by atoms with E-state index in [1.165, 1.54) is 89.9 Å². The summed E-state index contributed by atoms with van der Waals surface area (Å²) in [5.41, 5.74) is 0. The van der Waals surface area contributed by atoms with Gasteiger partial charge < -0.3 is 4.74 Å². The summed E-state index contributed by atoms with van der Waals surface area (Å²) < 4.78 is 6.01. The lowest BCUT2D eigenvalue weighted by atomic mass is 9.76. The quantitative estimate of drug-likeness (QED) is 0.301. The second kappa shape index (κ2) is 12.1. The number of ether oxygens (including phenoxy) is 1. The van der Waals surface area contributed by atoms with Crippen LogP contribution in [0.4, 0.5) is 0 Å². The normalized spacial score (nSPS) is 31.6. The summed E-state index contributed by atoms with van der Waals surface area (Å²) in [4.78, 5) is 0. The zero-order chi connectivity index (χ0) is 17.0.